The molecule has 1 aromatic carbocycles. The van der Waals surface area contributed by atoms with Crippen LogP contribution in [-0.2, 0) is 6.54 Å². The minimum atomic E-state index is -1.76. The maximum atomic E-state index is 9.37. The molecule has 4 N–H and O–H groups in total. The predicted molar refractivity (Wildman–Crippen MR) is 91.4 cm³/mol. The van der Waals surface area contributed by atoms with Gasteiger partial charge in [0, 0.05) is 19.6 Å². The van der Waals surface area contributed by atoms with Crippen LogP contribution in [0.1, 0.15) is 5.56 Å². The van der Waals surface area contributed by atoms with Gasteiger partial charge in [0.2, 0.25) is 5.54 Å². The van der Waals surface area contributed by atoms with Gasteiger partial charge in [0.05, 0.1) is 0 Å². The van der Waals surface area contributed by atoms with E-state index in [4.69, 9.17) is 18.0 Å². The highest BCUT2D eigenvalue weighted by molar-refractivity contribution is 7.80. The summed E-state index contributed by atoms with van der Waals surface area (Å²) in [5.74, 6) is 0.0103. The molecule has 0 spiro atoms. The van der Waals surface area contributed by atoms with Gasteiger partial charge in [-0.2, -0.15) is 15.8 Å². The Kier molecular flexibility index (Phi) is 5.34. The van der Waals surface area contributed by atoms with Crippen LogP contribution in [0.25, 0.3) is 0 Å². The van der Waals surface area contributed by atoms with Gasteiger partial charge in [-0.1, -0.05) is 30.3 Å². The topological polar surface area (TPSA) is 125 Å². The Balaban J connectivity index is 2.24. The van der Waals surface area contributed by atoms with Crippen LogP contribution in [-0.4, -0.2) is 28.6 Å². The highest BCUT2D eigenvalue weighted by Crippen LogP contribution is 2.21. The molecule has 0 radical (unpaired) electrons. The van der Waals surface area contributed by atoms with Crippen LogP contribution in [0.3, 0.4) is 0 Å². The molecule has 8 heteroatoms. The van der Waals surface area contributed by atoms with Crippen LogP contribution in [0.4, 0.5) is 0 Å². The van der Waals surface area contributed by atoms with Crippen LogP contribution in [0.15, 0.2) is 41.7 Å². The maximum Gasteiger partial charge on any atom is 0.232 e. The normalized spacial score (nSPS) is 16.3. The minimum absolute atomic E-state index is 0.0103. The van der Waals surface area contributed by atoms with Crippen molar-refractivity contribution in [1.29, 1.82) is 15.8 Å². The molecule has 0 bridgehead atoms. The highest BCUT2D eigenvalue weighted by atomic mass is 32.1. The van der Waals surface area contributed by atoms with E-state index in [0.29, 0.717) is 18.2 Å². The molecule has 24 heavy (non-hydrogen) atoms. The lowest BCUT2D eigenvalue weighted by Gasteiger charge is -2.25. The van der Waals surface area contributed by atoms with E-state index < -0.39 is 5.54 Å². The van der Waals surface area contributed by atoms with E-state index in [9.17, 15) is 15.8 Å². The molecule has 0 unspecified atom stereocenters. The number of thiocarbonyl (C=S) groups is 1. The first kappa shape index (κ1) is 17.2. The van der Waals surface area contributed by atoms with Crippen molar-refractivity contribution in [3.8, 4) is 18.2 Å². The van der Waals surface area contributed by atoms with Gasteiger partial charge in [0.15, 0.2) is 5.11 Å². The van der Waals surface area contributed by atoms with Crippen LogP contribution in [0.2, 0.25) is 0 Å². The van der Waals surface area contributed by atoms with E-state index in [1.165, 1.54) is 4.90 Å². The third-order valence-electron chi connectivity index (χ3n) is 3.63. The summed E-state index contributed by atoms with van der Waals surface area (Å²) in [6.07, 6.45) is 0. The fraction of sp³-hybridized carbons (Fsp3) is 0.250. The third kappa shape index (κ3) is 3.28. The van der Waals surface area contributed by atoms with Crippen molar-refractivity contribution < 1.29 is 0 Å². The molecule has 0 saturated carbocycles. The molecule has 0 aliphatic carbocycles. The first-order chi connectivity index (χ1) is 11.6. The smallest absolute Gasteiger partial charge is 0.232 e. The lowest BCUT2D eigenvalue weighted by Crippen LogP contribution is -2.44. The molecule has 0 atom stereocenters. The number of nitriles is 3. The Labute approximate surface area is 145 Å². The van der Waals surface area contributed by atoms with Gasteiger partial charge in [-0.3, -0.25) is 5.32 Å². The average Bonchev–Trinajstić information content (AvgIpc) is 2.76. The summed E-state index contributed by atoms with van der Waals surface area (Å²) in [5, 5.41) is 34.2. The Morgan fingerprint density at radius 3 is 2.54 bits per heavy atom. The third-order valence-corrected chi connectivity index (χ3v) is 3.99. The van der Waals surface area contributed by atoms with E-state index in [2.05, 4.69) is 10.6 Å². The number of benzene rings is 1. The lowest BCUT2D eigenvalue weighted by molar-refractivity contribution is 0.488. The van der Waals surface area contributed by atoms with Gasteiger partial charge in [0.25, 0.3) is 0 Å². The first-order valence-corrected chi connectivity index (χ1v) is 7.56. The Morgan fingerprint density at radius 1 is 1.29 bits per heavy atom. The fourth-order valence-electron chi connectivity index (χ4n) is 2.33. The number of rotatable bonds is 2. The number of nitrogens with two attached hydrogens (primary N) is 1. The first-order valence-electron chi connectivity index (χ1n) is 7.15. The zero-order valence-corrected chi connectivity index (χ0v) is 13.6. The van der Waals surface area contributed by atoms with Crippen molar-refractivity contribution in [2.75, 3.05) is 13.1 Å². The van der Waals surface area contributed by atoms with E-state index >= 15 is 0 Å². The largest absolute Gasteiger partial charge is 0.384 e. The number of hydrogen-bond donors (Lipinski definition) is 3. The summed E-state index contributed by atoms with van der Waals surface area (Å²) < 4.78 is 0. The lowest BCUT2D eigenvalue weighted by atomic mass is 9.93. The molecular formula is C16H15N7S. The summed E-state index contributed by atoms with van der Waals surface area (Å²) in [7, 11) is 0. The second-order valence-corrected chi connectivity index (χ2v) is 5.46. The molecule has 1 aliphatic heterocycles. The molecule has 1 aromatic rings. The van der Waals surface area contributed by atoms with Gasteiger partial charge < -0.3 is 16.0 Å². The summed E-state index contributed by atoms with van der Waals surface area (Å²) in [6, 6.07) is 15.2. The van der Waals surface area contributed by atoms with E-state index in [-0.39, 0.29) is 17.9 Å². The van der Waals surface area contributed by atoms with Gasteiger partial charge in [0.1, 0.15) is 29.6 Å². The summed E-state index contributed by atoms with van der Waals surface area (Å²) in [6.45, 7) is 1.11. The monoisotopic (exact) mass is 337 g/mol. The van der Waals surface area contributed by atoms with E-state index in [0.717, 1.165) is 5.56 Å². The van der Waals surface area contributed by atoms with Crippen LogP contribution < -0.4 is 16.4 Å². The van der Waals surface area contributed by atoms with Crippen LogP contribution in [0, 0.1) is 34.0 Å². The highest BCUT2D eigenvalue weighted by Gasteiger charge is 2.40. The van der Waals surface area contributed by atoms with E-state index in [1.54, 1.807) is 0 Å². The molecular weight excluding hydrogens is 322 g/mol. The predicted octanol–water partition coefficient (Wildman–Crippen LogP) is 0.446. The minimum Gasteiger partial charge on any atom is -0.384 e. The molecule has 1 aliphatic rings. The van der Waals surface area contributed by atoms with Gasteiger partial charge >= 0.3 is 0 Å². The molecule has 7 nitrogen and oxygen atoms in total. The average molecular weight is 337 g/mol. The number of hydrogen-bond acceptors (Lipinski definition) is 6. The Hall–Kier alpha value is -3.12. The summed E-state index contributed by atoms with van der Waals surface area (Å²) in [5.41, 5.74) is 5.18. The molecule has 2 rings (SSSR count). The summed E-state index contributed by atoms with van der Waals surface area (Å²) in [4.78, 5) is 1.53. The van der Waals surface area contributed by atoms with Crippen LogP contribution in [0.5, 0.6) is 0 Å². The zero-order valence-electron chi connectivity index (χ0n) is 12.8. The second-order valence-electron chi connectivity index (χ2n) is 5.07. The Morgan fingerprint density at radius 2 is 1.96 bits per heavy atom. The fourth-order valence-corrected chi connectivity index (χ4v) is 2.59. The van der Waals surface area contributed by atoms with Crippen LogP contribution >= 0.6 is 12.2 Å². The Bertz CT molecular complexity index is 765. The number of nitrogens with one attached hydrogen (secondary N) is 2. The molecule has 0 saturated heterocycles. The molecule has 1 heterocycles. The number of nitrogens with zero attached hydrogens (tertiary/aromatic N) is 4. The second kappa shape index (κ2) is 7.43. The van der Waals surface area contributed by atoms with Crippen molar-refractivity contribution in [1.82, 2.24) is 15.5 Å². The van der Waals surface area contributed by atoms with Crippen molar-refractivity contribution in [3.63, 3.8) is 0 Å². The van der Waals surface area contributed by atoms with Gasteiger partial charge in [-0.15, -0.1) is 0 Å². The standard InChI is InChI=1S/C16H15N7S/c17-8-13-14(20)23(7-6-22-16(13,10-18)11-19)15(24)21-9-12-4-2-1-3-5-12/h1-5,22H,6-7,9,20H2,(H,21,24). The van der Waals surface area contributed by atoms with Gasteiger partial charge in [-0.05, 0) is 17.8 Å². The van der Waals surface area contributed by atoms with Crippen molar-refractivity contribution in [2.45, 2.75) is 12.1 Å². The molecule has 120 valence electrons. The molecule has 0 amide bonds. The van der Waals surface area contributed by atoms with Gasteiger partial charge in [-0.25, -0.2) is 0 Å². The quantitative estimate of drug-likeness (QED) is 0.664. The maximum absolute atomic E-state index is 9.37. The summed E-state index contributed by atoms with van der Waals surface area (Å²) >= 11 is 5.36. The molecule has 0 aromatic heterocycles. The molecule has 0 fully saturated rings. The van der Waals surface area contributed by atoms with Crippen molar-refractivity contribution in [3.05, 3.63) is 47.3 Å². The van der Waals surface area contributed by atoms with Crippen molar-refractivity contribution in [2.24, 2.45) is 5.73 Å². The van der Waals surface area contributed by atoms with Crippen molar-refractivity contribution >= 4 is 17.3 Å². The van der Waals surface area contributed by atoms with E-state index in [1.807, 2.05) is 48.5 Å². The SMILES string of the molecule is N#CC1=C(N)N(C(=S)NCc2ccccc2)CCNC1(C#N)C#N. The zero-order chi connectivity index (χ0) is 17.6.